The average Bonchev–Trinajstić information content (AvgIpc) is 3.19. The molecule has 17 heteroatoms. The van der Waals surface area contributed by atoms with Crippen molar-refractivity contribution in [2.75, 3.05) is 6.61 Å². The summed E-state index contributed by atoms with van der Waals surface area (Å²) in [4.78, 5) is 38.3. The Morgan fingerprint density at radius 2 is 1.86 bits per heavy atom. The van der Waals surface area contributed by atoms with Gasteiger partial charge in [0.1, 0.15) is 29.0 Å². The summed E-state index contributed by atoms with van der Waals surface area (Å²) in [5, 5.41) is 24.6. The first-order valence-electron chi connectivity index (χ1n) is 12.9. The third kappa shape index (κ3) is 6.99. The summed E-state index contributed by atoms with van der Waals surface area (Å²) in [6, 6.07) is 10.4. The molecule has 43 heavy (non-hydrogen) atoms. The van der Waals surface area contributed by atoms with Crippen molar-refractivity contribution in [3.05, 3.63) is 74.5 Å². The quantitative estimate of drug-likeness (QED) is 0.178. The lowest BCUT2D eigenvalue weighted by Gasteiger charge is -2.32. The molecule has 6 atom stereocenters. The highest BCUT2D eigenvalue weighted by Crippen LogP contribution is 2.49. The summed E-state index contributed by atoms with van der Waals surface area (Å²) < 4.78 is 65.1. The fourth-order valence-corrected chi connectivity index (χ4v) is 5.98. The predicted octanol–water partition coefficient (Wildman–Crippen LogP) is 2.73. The van der Waals surface area contributed by atoms with Gasteiger partial charge in [0.2, 0.25) is 0 Å². The molecule has 13 nitrogen and oxygen atoms in total. The molecule has 1 unspecified atom stereocenters. The van der Waals surface area contributed by atoms with Gasteiger partial charge in [-0.25, -0.2) is 18.1 Å². The second-order valence-electron chi connectivity index (χ2n) is 10.1. The number of rotatable bonds is 11. The SMILES string of the molecule is CC(C)OC(=O)[C@H](C)NP(=O)(OC[C@@]1(C(F)F)O[C@@H](n2cc(Cl)c(=O)[nH]c2=O)[C@H](O)[C@H]1O)Oc1ccc2ccccc2c1. The lowest BCUT2D eigenvalue weighted by atomic mass is 9.96. The van der Waals surface area contributed by atoms with E-state index in [1.165, 1.54) is 19.1 Å². The number of H-pyrrole nitrogens is 1. The molecule has 1 fully saturated rings. The van der Waals surface area contributed by atoms with Crippen molar-refractivity contribution in [3.8, 4) is 5.75 Å². The summed E-state index contributed by atoms with van der Waals surface area (Å²) in [6.07, 6.45) is -9.93. The molecule has 1 aliphatic rings. The van der Waals surface area contributed by atoms with Crippen LogP contribution in [0.25, 0.3) is 10.8 Å². The van der Waals surface area contributed by atoms with E-state index in [1.807, 2.05) is 11.1 Å². The smallest absolute Gasteiger partial charge is 0.459 e. The molecule has 0 radical (unpaired) electrons. The minimum atomic E-state index is -4.76. The predicted molar refractivity (Wildman–Crippen MR) is 149 cm³/mol. The number of fused-ring (bicyclic) bond motifs is 1. The second kappa shape index (κ2) is 12.8. The molecule has 1 aliphatic heterocycles. The Labute approximate surface area is 247 Å². The summed E-state index contributed by atoms with van der Waals surface area (Å²) in [5.41, 5.74) is -5.23. The van der Waals surface area contributed by atoms with Crippen LogP contribution in [0.4, 0.5) is 8.78 Å². The maximum atomic E-state index is 14.6. The van der Waals surface area contributed by atoms with Gasteiger partial charge in [-0.2, -0.15) is 5.09 Å². The van der Waals surface area contributed by atoms with E-state index in [1.54, 1.807) is 38.1 Å². The summed E-state index contributed by atoms with van der Waals surface area (Å²) >= 11 is 5.75. The van der Waals surface area contributed by atoms with Crippen LogP contribution in [0.2, 0.25) is 5.02 Å². The highest BCUT2D eigenvalue weighted by atomic mass is 35.5. The Morgan fingerprint density at radius 1 is 1.19 bits per heavy atom. The van der Waals surface area contributed by atoms with E-state index in [4.69, 9.17) is 30.1 Å². The number of halogens is 3. The van der Waals surface area contributed by atoms with E-state index in [0.717, 1.165) is 11.6 Å². The van der Waals surface area contributed by atoms with Gasteiger partial charge in [0.15, 0.2) is 11.8 Å². The zero-order valence-electron chi connectivity index (χ0n) is 23.0. The molecule has 4 rings (SSSR count). The lowest BCUT2D eigenvalue weighted by molar-refractivity contribution is -0.192. The van der Waals surface area contributed by atoms with Crippen LogP contribution in [0.1, 0.15) is 27.0 Å². The molecule has 0 bridgehead atoms. The number of benzene rings is 2. The topological polar surface area (TPSA) is 178 Å². The number of aromatic nitrogens is 2. The number of nitrogens with zero attached hydrogens (tertiary/aromatic N) is 1. The van der Waals surface area contributed by atoms with Crippen LogP contribution < -0.4 is 20.9 Å². The number of ether oxygens (including phenoxy) is 2. The van der Waals surface area contributed by atoms with Gasteiger partial charge in [0.25, 0.3) is 12.0 Å². The van der Waals surface area contributed by atoms with Crippen LogP contribution in [0, 0.1) is 0 Å². The molecule has 0 amide bonds. The van der Waals surface area contributed by atoms with E-state index in [0.29, 0.717) is 9.95 Å². The molecule has 3 aromatic rings. The highest BCUT2D eigenvalue weighted by molar-refractivity contribution is 7.52. The van der Waals surface area contributed by atoms with Crippen molar-refractivity contribution < 1.29 is 46.9 Å². The van der Waals surface area contributed by atoms with E-state index in [9.17, 15) is 37.9 Å². The van der Waals surface area contributed by atoms with Gasteiger partial charge in [-0.05, 0) is 43.7 Å². The minimum absolute atomic E-state index is 0.0229. The first-order chi connectivity index (χ1) is 20.2. The van der Waals surface area contributed by atoms with Crippen molar-refractivity contribution in [1.29, 1.82) is 0 Å². The molecule has 1 aromatic heterocycles. The van der Waals surface area contributed by atoms with Crippen LogP contribution in [0.5, 0.6) is 5.75 Å². The molecule has 0 aliphatic carbocycles. The lowest BCUT2D eigenvalue weighted by Crippen LogP contribution is -2.53. The van der Waals surface area contributed by atoms with Gasteiger partial charge < -0.3 is 24.2 Å². The Balaban J connectivity index is 1.66. The average molecular weight is 648 g/mol. The zero-order valence-corrected chi connectivity index (χ0v) is 24.6. The molecule has 1 saturated heterocycles. The number of nitrogens with one attached hydrogen (secondary N) is 2. The first-order valence-corrected chi connectivity index (χ1v) is 14.8. The Hall–Kier alpha value is -3.17. The third-order valence-corrected chi connectivity index (χ3v) is 8.38. The number of hydrogen-bond acceptors (Lipinski definition) is 10. The number of carbonyl (C=O) groups is 1. The maximum Gasteiger partial charge on any atom is 0.459 e. The highest BCUT2D eigenvalue weighted by Gasteiger charge is 2.61. The fraction of sp³-hybridized carbons (Fsp3) is 0.423. The minimum Gasteiger partial charge on any atom is -0.462 e. The summed E-state index contributed by atoms with van der Waals surface area (Å²) in [6.45, 7) is 3.08. The molecular formula is C26H29ClF2N3O10P. The monoisotopic (exact) mass is 647 g/mol. The van der Waals surface area contributed by atoms with Gasteiger partial charge in [-0.3, -0.25) is 23.7 Å². The fourth-order valence-electron chi connectivity index (χ4n) is 4.31. The number of carbonyl (C=O) groups excluding carboxylic acids is 1. The van der Waals surface area contributed by atoms with Crippen LogP contribution >= 0.6 is 19.3 Å². The van der Waals surface area contributed by atoms with Crippen molar-refractivity contribution in [2.45, 2.75) is 63.4 Å². The Kier molecular flexibility index (Phi) is 9.76. The van der Waals surface area contributed by atoms with E-state index in [2.05, 4.69) is 5.09 Å². The maximum absolute atomic E-state index is 14.6. The van der Waals surface area contributed by atoms with E-state index < -0.39 is 79.2 Å². The van der Waals surface area contributed by atoms with Crippen molar-refractivity contribution >= 4 is 36.1 Å². The third-order valence-electron chi connectivity index (χ3n) is 6.49. The number of aromatic amines is 1. The molecule has 2 aromatic carbocycles. The summed E-state index contributed by atoms with van der Waals surface area (Å²) in [5.74, 6) is -0.878. The van der Waals surface area contributed by atoms with E-state index in [-0.39, 0.29) is 5.75 Å². The molecule has 2 heterocycles. The van der Waals surface area contributed by atoms with Gasteiger partial charge in [0, 0.05) is 6.20 Å². The largest absolute Gasteiger partial charge is 0.462 e. The van der Waals surface area contributed by atoms with Gasteiger partial charge in [-0.15, -0.1) is 0 Å². The number of alkyl halides is 2. The number of aliphatic hydroxyl groups is 2. The van der Waals surface area contributed by atoms with Crippen LogP contribution in [0.3, 0.4) is 0 Å². The van der Waals surface area contributed by atoms with Crippen molar-refractivity contribution in [1.82, 2.24) is 14.6 Å². The van der Waals surface area contributed by atoms with Crippen molar-refractivity contribution in [2.24, 2.45) is 0 Å². The Morgan fingerprint density at radius 3 is 2.51 bits per heavy atom. The van der Waals surface area contributed by atoms with Crippen LogP contribution in [-0.2, 0) is 23.4 Å². The number of aliphatic hydroxyl groups excluding tert-OH is 2. The Bertz CT molecular complexity index is 1650. The first kappa shape index (κ1) is 32.7. The molecule has 234 valence electrons. The van der Waals surface area contributed by atoms with Crippen LogP contribution in [-0.4, -0.2) is 68.7 Å². The summed E-state index contributed by atoms with van der Waals surface area (Å²) in [7, 11) is -4.76. The van der Waals surface area contributed by atoms with Gasteiger partial charge >= 0.3 is 19.4 Å². The number of hydrogen-bond donors (Lipinski definition) is 4. The molecule has 4 N–H and O–H groups in total. The van der Waals surface area contributed by atoms with E-state index >= 15 is 0 Å². The zero-order chi connectivity index (χ0) is 31.7. The molecule has 0 spiro atoms. The standard InChI is InChI=1S/C26H29ClF2N3O10P/c1-13(2)40-23(36)14(3)31-43(38,42-17-9-8-15-6-4-5-7-16(15)10-17)39-12-26(24(28)29)20(34)19(33)22(41-26)32-11-18(27)21(35)30-25(32)37/h4-11,13-14,19-20,22,24,33-34H,12H2,1-3H3,(H,31,38)(H,30,35,37)/t14-,19+,20+,22+,26+,43?/m0/s1. The molecule has 0 saturated carbocycles. The van der Waals surface area contributed by atoms with Gasteiger partial charge in [-0.1, -0.05) is 41.9 Å². The number of esters is 1. The second-order valence-corrected chi connectivity index (χ2v) is 12.2. The molecular weight excluding hydrogens is 619 g/mol. The normalized spacial score (nSPS) is 24.3. The van der Waals surface area contributed by atoms with Crippen LogP contribution in [0.15, 0.2) is 58.3 Å². The van der Waals surface area contributed by atoms with Gasteiger partial charge in [0.05, 0.1) is 12.7 Å². The van der Waals surface area contributed by atoms with Crippen molar-refractivity contribution in [3.63, 3.8) is 0 Å².